The Hall–Kier alpha value is -8.76. The summed E-state index contributed by atoms with van der Waals surface area (Å²) in [5.41, 5.74) is 21.8. The summed E-state index contributed by atoms with van der Waals surface area (Å²) in [6.45, 7) is 41.0. The first-order valence-corrected chi connectivity index (χ1v) is 31.3. The third-order valence-corrected chi connectivity index (χ3v) is 17.1. The van der Waals surface area contributed by atoms with Crippen molar-refractivity contribution >= 4 is 75.4 Å². The molecule has 1 aliphatic carbocycles. The largest absolute Gasteiger partial charge is 0.354 e. The zero-order chi connectivity index (χ0) is 64.5. The van der Waals surface area contributed by atoms with E-state index in [2.05, 4.69) is 248 Å². The van der Waals surface area contributed by atoms with Crippen LogP contribution in [0.25, 0.3) is 90.9 Å². The van der Waals surface area contributed by atoms with Crippen LogP contribution >= 0.6 is 0 Å². The summed E-state index contributed by atoms with van der Waals surface area (Å²) in [7, 11) is 0. The predicted octanol–water partition coefficient (Wildman–Crippen LogP) is 18.9. The molecule has 7 aromatic rings. The smallest absolute Gasteiger partial charge is 0.224 e. The minimum atomic E-state index is -0.449. The van der Waals surface area contributed by atoms with Crippen LogP contribution in [-0.4, -0.2) is 43.3 Å². The maximum atomic E-state index is 13.4. The number of benzene rings is 4. The van der Waals surface area contributed by atoms with Crippen molar-refractivity contribution in [3.05, 3.63) is 183 Å². The molecule has 0 radical (unpaired) electrons. The normalized spacial score (nSPS) is 13.9. The molecule has 0 saturated carbocycles. The summed E-state index contributed by atoms with van der Waals surface area (Å²) in [4.78, 5) is 69.7. The number of nitrogens with zero attached hydrogens (tertiary/aromatic N) is 2. The maximum absolute atomic E-state index is 13.4. The van der Waals surface area contributed by atoms with Gasteiger partial charge in [-0.3, -0.25) is 19.2 Å². The van der Waals surface area contributed by atoms with E-state index >= 15 is 0 Å². The van der Waals surface area contributed by atoms with Gasteiger partial charge in [0.15, 0.2) is 5.78 Å². The fourth-order valence-corrected chi connectivity index (χ4v) is 11.5. The van der Waals surface area contributed by atoms with Gasteiger partial charge >= 0.3 is 0 Å². The Morgan fingerprint density at radius 2 is 0.674 bits per heavy atom. The highest BCUT2D eigenvalue weighted by Crippen LogP contribution is 2.44. The Morgan fingerprint density at radius 1 is 0.371 bits per heavy atom. The first-order valence-electron chi connectivity index (χ1n) is 31.3. The summed E-state index contributed by atoms with van der Waals surface area (Å²) in [5.74, 6) is -1.53. The summed E-state index contributed by atoms with van der Waals surface area (Å²) in [5, 5.41) is 5.54. The van der Waals surface area contributed by atoms with Gasteiger partial charge < -0.3 is 20.6 Å². The lowest BCUT2D eigenvalue weighted by Crippen LogP contribution is -2.28. The predicted molar refractivity (Wildman–Crippen MR) is 371 cm³/mol. The van der Waals surface area contributed by atoms with E-state index < -0.39 is 11.7 Å². The van der Waals surface area contributed by atoms with Crippen LogP contribution in [0, 0.1) is 0 Å². The number of rotatable bonds is 10. The number of ketones is 2. The van der Waals surface area contributed by atoms with Gasteiger partial charge in [0.1, 0.15) is 0 Å². The van der Waals surface area contributed by atoms with Gasteiger partial charge in [-0.25, -0.2) is 9.97 Å². The van der Waals surface area contributed by atoms with Gasteiger partial charge in [-0.05, 0) is 167 Å². The summed E-state index contributed by atoms with van der Waals surface area (Å²) < 4.78 is 0. The van der Waals surface area contributed by atoms with E-state index in [4.69, 9.17) is 9.97 Å². The van der Waals surface area contributed by atoms with Crippen molar-refractivity contribution in [3.63, 3.8) is 0 Å². The Balaban J connectivity index is 1.24. The van der Waals surface area contributed by atoms with Crippen LogP contribution in [0.3, 0.4) is 0 Å². The topological polar surface area (TPSA) is 150 Å². The zero-order valence-electron chi connectivity index (χ0n) is 55.5. The van der Waals surface area contributed by atoms with Crippen LogP contribution in [0.15, 0.2) is 127 Å². The van der Waals surface area contributed by atoms with Gasteiger partial charge in [-0.15, -0.1) is 0 Å². The molecule has 0 atom stereocenters. The lowest BCUT2D eigenvalue weighted by molar-refractivity contribution is -0.122. The number of H-pyrrole nitrogens is 2. The standard InChI is InChI=1S/C79H88N6O4/c1-74(2,3)50-36-47(37-51(42-50)75(4,5)6)71-60-29-27-58(81-60)70(46-22-24-56(25-23-46)80-68(88)20-19-21-69(89)85-66-45-57(86)26-35-67(66)87)59-28-30-61(82-59)72(48-38-52(76(7,8)9)43-53(39-48)77(10,11)12)63-32-34-65(84-63)73(64-33-31-62(71)83-64)49-40-54(78(13,14)15)44-55(41-49)79(16,17)18/h22-45,81,84H,19-21H2,1-18H3,(H,80,88)(H,85,89). The summed E-state index contributed by atoms with van der Waals surface area (Å²) >= 11 is 0. The van der Waals surface area contributed by atoms with Gasteiger partial charge in [0.2, 0.25) is 17.6 Å². The maximum Gasteiger partial charge on any atom is 0.224 e. The van der Waals surface area contributed by atoms with Crippen LogP contribution in [0.1, 0.15) is 200 Å². The van der Waals surface area contributed by atoms with Crippen molar-refractivity contribution in [2.45, 2.75) is 176 Å². The SMILES string of the molecule is CC(C)(C)c1cc(-c2c3nc(c(-c4cc(C(C)(C)C)cc(C(C)(C)C)c4)c4ccc([nH]4)c(-c4cc(C(C)(C)C)cc(C(C)(C)C)c4)c4nc(c(-c5ccc(NC(=O)CCCC(=O)NC6=CC(=O)C=CC6=O)cc5)c5ccc2[nH]5)C=C4)C=C3)cc(C(C)(C)C)c1. The molecule has 458 valence electrons. The number of allylic oxidation sites excluding steroid dienone is 3. The molecule has 89 heavy (non-hydrogen) atoms. The average Bonchev–Trinajstić information content (AvgIpc) is 2.66. The Bertz CT molecular complexity index is 4170. The van der Waals surface area contributed by atoms with Crippen molar-refractivity contribution in [1.29, 1.82) is 0 Å². The molecule has 10 nitrogen and oxygen atoms in total. The number of aromatic nitrogens is 4. The summed E-state index contributed by atoms with van der Waals surface area (Å²) in [6, 6.07) is 37.8. The number of hydrogen-bond acceptors (Lipinski definition) is 6. The summed E-state index contributed by atoms with van der Waals surface area (Å²) in [6.07, 6.45) is 12.3. The van der Waals surface area contributed by atoms with E-state index in [1.54, 1.807) is 0 Å². The van der Waals surface area contributed by atoms with E-state index in [-0.39, 0.29) is 69.1 Å². The van der Waals surface area contributed by atoms with Crippen LogP contribution in [0.5, 0.6) is 0 Å². The molecule has 2 aliphatic heterocycles. The molecule has 2 amide bonds. The highest BCUT2D eigenvalue weighted by atomic mass is 16.2. The lowest BCUT2D eigenvalue weighted by Gasteiger charge is -2.26. The third kappa shape index (κ3) is 13.9. The monoisotopic (exact) mass is 1180 g/mol. The third-order valence-electron chi connectivity index (χ3n) is 17.1. The van der Waals surface area contributed by atoms with E-state index in [1.807, 2.05) is 24.3 Å². The van der Waals surface area contributed by atoms with Gasteiger partial charge in [-0.1, -0.05) is 191 Å². The molecular formula is C79H88N6O4. The Kier molecular flexibility index (Phi) is 16.6. The van der Waals surface area contributed by atoms with E-state index in [0.29, 0.717) is 5.69 Å². The second-order valence-electron chi connectivity index (χ2n) is 30.6. The molecule has 3 aliphatic rings. The fraction of sp³-hybridized carbons (Fsp3) is 0.342. The second kappa shape index (κ2) is 23.3. The van der Waals surface area contributed by atoms with Crippen LogP contribution in [0.2, 0.25) is 0 Å². The first kappa shape index (κ1) is 63.3. The molecule has 10 heteroatoms. The van der Waals surface area contributed by atoms with Crippen molar-refractivity contribution in [1.82, 2.24) is 25.3 Å². The lowest BCUT2D eigenvalue weighted by atomic mass is 9.78. The fourth-order valence-electron chi connectivity index (χ4n) is 11.5. The minimum absolute atomic E-state index is 0.00406. The van der Waals surface area contributed by atoms with E-state index in [9.17, 15) is 19.2 Å². The number of hydrogen-bond donors (Lipinski definition) is 4. The number of carbonyl (C=O) groups excluding carboxylic acids is 4. The number of carbonyl (C=O) groups is 4. The van der Waals surface area contributed by atoms with Crippen molar-refractivity contribution in [2.24, 2.45) is 0 Å². The number of nitrogens with one attached hydrogen (secondary N) is 4. The van der Waals surface area contributed by atoms with Crippen LogP contribution in [-0.2, 0) is 51.7 Å². The molecule has 3 aromatic heterocycles. The van der Waals surface area contributed by atoms with Crippen molar-refractivity contribution in [3.8, 4) is 44.5 Å². The minimum Gasteiger partial charge on any atom is -0.354 e. The van der Waals surface area contributed by atoms with E-state index in [1.165, 1.54) is 33.4 Å². The molecule has 4 aromatic carbocycles. The first-order chi connectivity index (χ1) is 41.5. The molecule has 10 rings (SSSR count). The molecule has 0 spiro atoms. The van der Waals surface area contributed by atoms with Gasteiger partial charge in [-0.2, -0.15) is 0 Å². The zero-order valence-corrected chi connectivity index (χ0v) is 55.5. The van der Waals surface area contributed by atoms with Crippen LogP contribution < -0.4 is 10.6 Å². The molecular weight excluding hydrogens is 1100 g/mol. The average molecular weight is 1190 g/mol. The quantitative estimate of drug-likeness (QED) is 0.100. The van der Waals surface area contributed by atoms with Crippen molar-refractivity contribution in [2.75, 3.05) is 5.32 Å². The van der Waals surface area contributed by atoms with Gasteiger partial charge in [0, 0.05) is 68.9 Å². The number of amides is 2. The molecule has 0 fully saturated rings. The van der Waals surface area contributed by atoms with E-state index in [0.717, 1.165) is 108 Å². The second-order valence-corrected chi connectivity index (χ2v) is 30.6. The van der Waals surface area contributed by atoms with Crippen molar-refractivity contribution < 1.29 is 19.2 Å². The highest BCUT2D eigenvalue weighted by molar-refractivity contribution is 6.18. The molecule has 0 unspecified atom stereocenters. The molecule has 8 bridgehead atoms. The number of anilines is 1. The number of fused-ring (bicyclic) bond motifs is 8. The number of aromatic amines is 2. The Morgan fingerprint density at radius 3 is 0.989 bits per heavy atom. The Labute approximate surface area is 526 Å². The molecule has 4 N–H and O–H groups in total. The molecule has 0 saturated heterocycles. The van der Waals surface area contributed by atoms with Crippen LogP contribution in [0.4, 0.5) is 5.69 Å². The molecule has 5 heterocycles. The van der Waals surface area contributed by atoms with Gasteiger partial charge in [0.05, 0.1) is 28.5 Å². The van der Waals surface area contributed by atoms with Gasteiger partial charge in [0.25, 0.3) is 0 Å². The highest BCUT2D eigenvalue weighted by Gasteiger charge is 2.28.